The first-order valence-electron chi connectivity index (χ1n) is 9.85. The third-order valence-electron chi connectivity index (χ3n) is 4.92. The van der Waals surface area contributed by atoms with Gasteiger partial charge in [0.05, 0.1) is 24.1 Å². The Kier molecular flexibility index (Phi) is 6.59. The van der Waals surface area contributed by atoms with E-state index >= 15 is 0 Å². The molecule has 30 heavy (non-hydrogen) atoms. The van der Waals surface area contributed by atoms with E-state index in [0.717, 1.165) is 6.54 Å². The summed E-state index contributed by atoms with van der Waals surface area (Å²) >= 11 is 0. The van der Waals surface area contributed by atoms with Crippen LogP contribution in [0.3, 0.4) is 0 Å². The minimum Gasteiger partial charge on any atom is -0.465 e. The Morgan fingerprint density at radius 3 is 2.63 bits per heavy atom. The van der Waals surface area contributed by atoms with E-state index in [0.29, 0.717) is 44.3 Å². The van der Waals surface area contributed by atoms with Crippen molar-refractivity contribution in [2.75, 3.05) is 33.3 Å². The molecule has 1 fully saturated rings. The molecule has 2 heterocycles. The molecule has 2 aromatic rings. The lowest BCUT2D eigenvalue weighted by atomic mass is 9.97. The predicted octanol–water partition coefficient (Wildman–Crippen LogP) is 2.05. The standard InChI is InChI=1S/C20H28N4O5S/c1-20(2,3)19-21-17(22-29-19)14-23-9-6-10-24(12-11-23)30(26,27)16-8-5-7-15(13-16)18(25)28-4/h5,7-8,13H,6,9-12,14H2,1-4H3. The number of hydrogen-bond donors (Lipinski definition) is 0. The van der Waals surface area contributed by atoms with Gasteiger partial charge in [-0.1, -0.05) is 32.0 Å². The molecule has 0 atom stereocenters. The minimum atomic E-state index is -3.71. The number of ether oxygens (including phenoxy) is 1. The van der Waals surface area contributed by atoms with Gasteiger partial charge in [0.25, 0.3) is 0 Å². The molecule has 1 aromatic heterocycles. The number of aromatic nitrogens is 2. The third-order valence-corrected chi connectivity index (χ3v) is 6.81. The first kappa shape index (κ1) is 22.4. The van der Waals surface area contributed by atoms with Crippen LogP contribution in [0.15, 0.2) is 33.7 Å². The van der Waals surface area contributed by atoms with Gasteiger partial charge in [-0.2, -0.15) is 9.29 Å². The first-order chi connectivity index (χ1) is 14.1. The average molecular weight is 437 g/mol. The largest absolute Gasteiger partial charge is 0.465 e. The van der Waals surface area contributed by atoms with Crippen molar-refractivity contribution in [1.29, 1.82) is 0 Å². The minimum absolute atomic E-state index is 0.0897. The Bertz CT molecular complexity index is 997. The Labute approximate surface area is 177 Å². The molecule has 0 bridgehead atoms. The fourth-order valence-corrected chi connectivity index (χ4v) is 4.74. The predicted molar refractivity (Wildman–Crippen MR) is 109 cm³/mol. The molecule has 0 aliphatic carbocycles. The molecule has 1 aromatic carbocycles. The van der Waals surface area contributed by atoms with E-state index < -0.39 is 16.0 Å². The number of carbonyl (C=O) groups is 1. The molecule has 0 saturated carbocycles. The molecule has 0 radical (unpaired) electrons. The van der Waals surface area contributed by atoms with Gasteiger partial charge in [0.2, 0.25) is 15.9 Å². The summed E-state index contributed by atoms with van der Waals surface area (Å²) in [7, 11) is -2.45. The summed E-state index contributed by atoms with van der Waals surface area (Å²) in [5, 5.41) is 4.05. The zero-order valence-electron chi connectivity index (χ0n) is 17.8. The molecular formula is C20H28N4O5S. The van der Waals surface area contributed by atoms with Crippen molar-refractivity contribution in [2.45, 2.75) is 44.0 Å². The number of rotatable bonds is 5. The van der Waals surface area contributed by atoms with Crippen LogP contribution < -0.4 is 0 Å². The fourth-order valence-electron chi connectivity index (χ4n) is 3.22. The Morgan fingerprint density at radius 2 is 1.97 bits per heavy atom. The number of sulfonamides is 1. The number of hydrogen-bond acceptors (Lipinski definition) is 8. The van der Waals surface area contributed by atoms with Gasteiger partial charge in [-0.15, -0.1) is 0 Å². The summed E-state index contributed by atoms with van der Waals surface area (Å²) in [4.78, 5) is 18.4. The second kappa shape index (κ2) is 8.83. The molecule has 164 valence electrons. The van der Waals surface area contributed by atoms with E-state index in [2.05, 4.69) is 19.8 Å². The van der Waals surface area contributed by atoms with Crippen molar-refractivity contribution in [3.05, 3.63) is 41.5 Å². The average Bonchev–Trinajstić information content (AvgIpc) is 3.06. The Balaban J connectivity index is 1.68. The molecule has 0 unspecified atom stereocenters. The lowest BCUT2D eigenvalue weighted by molar-refractivity contribution is 0.0600. The maximum atomic E-state index is 13.1. The van der Waals surface area contributed by atoms with Gasteiger partial charge in [0, 0.05) is 25.0 Å². The summed E-state index contributed by atoms with van der Waals surface area (Å²) in [5.41, 5.74) is -0.00465. The quantitative estimate of drug-likeness (QED) is 0.656. The van der Waals surface area contributed by atoms with Gasteiger partial charge in [-0.05, 0) is 31.2 Å². The maximum Gasteiger partial charge on any atom is 0.337 e. The van der Waals surface area contributed by atoms with Crippen LogP contribution >= 0.6 is 0 Å². The highest BCUT2D eigenvalue weighted by atomic mass is 32.2. The summed E-state index contributed by atoms with van der Waals surface area (Å²) in [6.45, 7) is 8.56. The zero-order valence-corrected chi connectivity index (χ0v) is 18.6. The SMILES string of the molecule is COC(=O)c1cccc(S(=O)(=O)N2CCCN(Cc3noc(C(C)(C)C)n3)CC2)c1. The lowest BCUT2D eigenvalue weighted by Gasteiger charge is -2.21. The number of carbonyl (C=O) groups excluding carboxylic acids is 1. The highest BCUT2D eigenvalue weighted by molar-refractivity contribution is 7.89. The van der Waals surface area contributed by atoms with Crippen molar-refractivity contribution in [1.82, 2.24) is 19.3 Å². The van der Waals surface area contributed by atoms with Crippen LogP contribution in [0.2, 0.25) is 0 Å². The molecule has 0 amide bonds. The van der Waals surface area contributed by atoms with Gasteiger partial charge < -0.3 is 9.26 Å². The van der Waals surface area contributed by atoms with Crippen LogP contribution in [0.25, 0.3) is 0 Å². The summed E-state index contributed by atoms with van der Waals surface area (Å²) in [6.07, 6.45) is 0.680. The van der Waals surface area contributed by atoms with E-state index in [1.165, 1.54) is 29.6 Å². The molecule has 1 aliphatic heterocycles. The summed E-state index contributed by atoms with van der Waals surface area (Å²) < 4.78 is 37.7. The molecule has 3 rings (SSSR count). The van der Waals surface area contributed by atoms with Crippen LogP contribution in [0.5, 0.6) is 0 Å². The third kappa shape index (κ3) is 5.05. The normalized spacial score (nSPS) is 16.9. The van der Waals surface area contributed by atoms with E-state index in [1.54, 1.807) is 6.07 Å². The van der Waals surface area contributed by atoms with Gasteiger partial charge in [-0.25, -0.2) is 13.2 Å². The topological polar surface area (TPSA) is 106 Å². The number of benzene rings is 1. The molecule has 1 saturated heterocycles. The molecule has 10 heteroatoms. The lowest BCUT2D eigenvalue weighted by Crippen LogP contribution is -2.35. The van der Waals surface area contributed by atoms with E-state index in [1.807, 2.05) is 20.8 Å². The molecule has 1 aliphatic rings. The molecular weight excluding hydrogens is 408 g/mol. The van der Waals surface area contributed by atoms with Crippen molar-refractivity contribution < 1.29 is 22.5 Å². The zero-order chi connectivity index (χ0) is 21.9. The molecule has 9 nitrogen and oxygen atoms in total. The van der Waals surface area contributed by atoms with E-state index in [4.69, 9.17) is 4.52 Å². The second-order valence-corrected chi connectivity index (χ2v) is 10.3. The van der Waals surface area contributed by atoms with Gasteiger partial charge in [-0.3, -0.25) is 4.90 Å². The second-order valence-electron chi connectivity index (χ2n) is 8.32. The van der Waals surface area contributed by atoms with Crippen molar-refractivity contribution in [2.24, 2.45) is 0 Å². The van der Waals surface area contributed by atoms with Crippen LogP contribution in [0.1, 0.15) is 49.3 Å². The Hall–Kier alpha value is -2.30. The number of esters is 1. The van der Waals surface area contributed by atoms with Gasteiger partial charge in [0.1, 0.15) is 0 Å². The van der Waals surface area contributed by atoms with E-state index in [-0.39, 0.29) is 15.9 Å². The highest BCUT2D eigenvalue weighted by Gasteiger charge is 2.28. The maximum absolute atomic E-state index is 13.1. The fraction of sp³-hybridized carbons (Fsp3) is 0.550. The first-order valence-corrected chi connectivity index (χ1v) is 11.3. The van der Waals surface area contributed by atoms with E-state index in [9.17, 15) is 13.2 Å². The highest BCUT2D eigenvalue weighted by Crippen LogP contribution is 2.22. The molecule has 0 spiro atoms. The number of methoxy groups -OCH3 is 1. The Morgan fingerprint density at radius 1 is 1.20 bits per heavy atom. The summed E-state index contributed by atoms with van der Waals surface area (Å²) in [6, 6.07) is 5.94. The van der Waals surface area contributed by atoms with Gasteiger partial charge >= 0.3 is 5.97 Å². The number of nitrogens with zero attached hydrogens (tertiary/aromatic N) is 4. The van der Waals surface area contributed by atoms with Crippen LogP contribution in [-0.2, 0) is 26.7 Å². The monoisotopic (exact) mass is 436 g/mol. The smallest absolute Gasteiger partial charge is 0.337 e. The van der Waals surface area contributed by atoms with Crippen molar-refractivity contribution in [3.63, 3.8) is 0 Å². The van der Waals surface area contributed by atoms with Crippen LogP contribution in [-0.4, -0.2) is 67.0 Å². The van der Waals surface area contributed by atoms with Crippen LogP contribution in [0, 0.1) is 0 Å². The molecule has 0 N–H and O–H groups in total. The van der Waals surface area contributed by atoms with Crippen molar-refractivity contribution >= 4 is 16.0 Å². The van der Waals surface area contributed by atoms with Gasteiger partial charge in [0.15, 0.2) is 5.82 Å². The van der Waals surface area contributed by atoms with Crippen molar-refractivity contribution in [3.8, 4) is 0 Å². The summed E-state index contributed by atoms with van der Waals surface area (Å²) in [5.74, 6) is 0.618. The van der Waals surface area contributed by atoms with Crippen LogP contribution in [0.4, 0.5) is 0 Å².